The first-order valence-corrected chi connectivity index (χ1v) is 19.3. The summed E-state index contributed by atoms with van der Waals surface area (Å²) >= 11 is 0. The van der Waals surface area contributed by atoms with E-state index >= 15 is 0 Å². The molecule has 0 aliphatic heterocycles. The van der Waals surface area contributed by atoms with Gasteiger partial charge >= 0.3 is 21.7 Å². The molecule has 0 nitrogen and oxygen atoms in total. The Morgan fingerprint density at radius 1 is 0.458 bits per heavy atom. The predicted molar refractivity (Wildman–Crippen MR) is 198 cm³/mol. The van der Waals surface area contributed by atoms with Crippen molar-refractivity contribution in [1.29, 1.82) is 0 Å². The summed E-state index contributed by atoms with van der Waals surface area (Å²) < 4.78 is 0. The Hall–Kier alpha value is -1.06. The van der Waals surface area contributed by atoms with E-state index in [0.717, 1.165) is 0 Å². The van der Waals surface area contributed by atoms with Crippen LogP contribution in [0, 0.1) is 12.0 Å². The zero-order chi connectivity index (χ0) is 32.7. The third-order valence-corrected chi connectivity index (χ3v) is 15.1. The minimum Gasteiger partial charge on any atom is -1.00 e. The van der Waals surface area contributed by atoms with Crippen molar-refractivity contribution in [3.63, 3.8) is 0 Å². The Bertz CT molecular complexity index is 1330. The summed E-state index contributed by atoms with van der Waals surface area (Å²) in [4.78, 5) is 0. The van der Waals surface area contributed by atoms with Crippen LogP contribution in [0.15, 0.2) is 71.4 Å². The van der Waals surface area contributed by atoms with E-state index in [-0.39, 0.29) is 58.9 Å². The SMILES string of the molecule is CC1=C([Si](c2cc(C(C)C)cc(C(C)C)c2)(c2cc(C(C)C)cc(C(C)C)c2)c2cc(C(C)C)cc(C(C)C)c2)C(C)C=[C-]1.[Cl-].[Cl-].[Cl-].[Ti+4]. The van der Waals surface area contributed by atoms with Crippen molar-refractivity contribution in [3.05, 3.63) is 111 Å². The van der Waals surface area contributed by atoms with E-state index in [9.17, 15) is 0 Å². The van der Waals surface area contributed by atoms with E-state index in [4.69, 9.17) is 0 Å². The van der Waals surface area contributed by atoms with E-state index in [1.807, 2.05) is 0 Å². The van der Waals surface area contributed by atoms with Crippen molar-refractivity contribution in [2.24, 2.45) is 5.92 Å². The van der Waals surface area contributed by atoms with Crippen molar-refractivity contribution in [2.75, 3.05) is 0 Å². The molecule has 3 aromatic rings. The van der Waals surface area contributed by atoms with Crippen LogP contribution in [0.1, 0.15) is 166 Å². The molecule has 0 amide bonds. The van der Waals surface area contributed by atoms with Crippen molar-refractivity contribution in [1.82, 2.24) is 0 Å². The van der Waals surface area contributed by atoms with Gasteiger partial charge < -0.3 is 37.2 Å². The molecule has 4 rings (SSSR count). The van der Waals surface area contributed by atoms with Crippen molar-refractivity contribution < 1.29 is 58.9 Å². The van der Waals surface area contributed by atoms with Crippen LogP contribution in [0.4, 0.5) is 0 Å². The molecule has 0 saturated heterocycles. The molecule has 5 heteroatoms. The molecule has 48 heavy (non-hydrogen) atoms. The molecule has 0 aromatic heterocycles. The third kappa shape index (κ3) is 9.43. The normalized spacial score (nSPS) is 14.5. The number of allylic oxidation sites excluding steroid dienone is 4. The molecule has 1 unspecified atom stereocenters. The summed E-state index contributed by atoms with van der Waals surface area (Å²) in [5.41, 5.74) is 10.1. The van der Waals surface area contributed by atoms with Crippen molar-refractivity contribution in [2.45, 2.75) is 132 Å². The molecule has 0 fully saturated rings. The smallest absolute Gasteiger partial charge is 1.00 e. The van der Waals surface area contributed by atoms with E-state index < -0.39 is 8.07 Å². The summed E-state index contributed by atoms with van der Waals surface area (Å²) in [5, 5.41) is 6.23. The molecule has 0 spiro atoms. The fraction of sp³-hybridized carbons (Fsp3) is 0.488. The Balaban J connectivity index is 0.00000552. The van der Waals surface area contributed by atoms with Gasteiger partial charge in [0.25, 0.3) is 0 Å². The van der Waals surface area contributed by atoms with Crippen molar-refractivity contribution in [3.8, 4) is 0 Å². The molecule has 0 N–H and O–H groups in total. The van der Waals surface area contributed by atoms with E-state index in [2.05, 4.69) is 164 Å². The molecule has 3 aromatic carbocycles. The van der Waals surface area contributed by atoms with Gasteiger partial charge in [0.2, 0.25) is 0 Å². The first kappa shape index (κ1) is 46.9. The maximum absolute atomic E-state index is 3.75. The van der Waals surface area contributed by atoms with Gasteiger partial charge in [0.1, 0.15) is 0 Å². The van der Waals surface area contributed by atoms with E-state index in [1.54, 1.807) is 5.20 Å². The number of hydrogen-bond acceptors (Lipinski definition) is 0. The minimum absolute atomic E-state index is 0. The molecule has 1 aliphatic rings. The second kappa shape index (κ2) is 19.0. The van der Waals surface area contributed by atoms with E-state index in [1.165, 1.54) is 54.5 Å². The van der Waals surface area contributed by atoms with Crippen LogP contribution < -0.4 is 52.8 Å². The van der Waals surface area contributed by atoms with Gasteiger partial charge in [0.05, 0.1) is 8.07 Å². The molecule has 0 heterocycles. The summed E-state index contributed by atoms with van der Waals surface area (Å²) in [6.45, 7) is 33.0. The Morgan fingerprint density at radius 3 is 0.854 bits per heavy atom. The van der Waals surface area contributed by atoms with Crippen LogP contribution in [0.3, 0.4) is 0 Å². The van der Waals surface area contributed by atoms with E-state index in [0.29, 0.717) is 41.4 Å². The second-order valence-corrected chi connectivity index (χ2v) is 19.3. The second-order valence-electron chi connectivity index (χ2n) is 15.5. The third-order valence-electron chi connectivity index (χ3n) is 10.0. The van der Waals surface area contributed by atoms with Crippen molar-refractivity contribution >= 4 is 23.6 Å². The first-order valence-electron chi connectivity index (χ1n) is 17.3. The van der Waals surface area contributed by atoms with Gasteiger partial charge in [-0.3, -0.25) is 6.08 Å². The fourth-order valence-corrected chi connectivity index (χ4v) is 12.7. The summed E-state index contributed by atoms with van der Waals surface area (Å²) in [7, 11) is -2.79. The molecule has 1 aliphatic carbocycles. The molecule has 0 saturated carbocycles. The topological polar surface area (TPSA) is 0 Å². The molecular formula is C43H59Cl3SiTi. The van der Waals surface area contributed by atoms with Gasteiger partial charge in [0, 0.05) is 0 Å². The maximum atomic E-state index is 3.75. The molecule has 0 radical (unpaired) electrons. The monoisotopic (exact) mass is 756 g/mol. The average Bonchev–Trinajstić information content (AvgIpc) is 3.30. The van der Waals surface area contributed by atoms with Gasteiger partial charge in [0.15, 0.2) is 0 Å². The number of rotatable bonds is 10. The first-order chi connectivity index (χ1) is 20.6. The Morgan fingerprint density at radius 2 is 0.688 bits per heavy atom. The number of halogens is 3. The maximum Gasteiger partial charge on any atom is 4.00 e. The zero-order valence-corrected chi connectivity index (χ0v) is 36.8. The molecule has 0 bridgehead atoms. The van der Waals surface area contributed by atoms with Crippen LogP contribution in [-0.2, 0) is 21.7 Å². The van der Waals surface area contributed by atoms with Gasteiger partial charge in [-0.1, -0.05) is 173 Å². The zero-order valence-electron chi connectivity index (χ0n) is 31.9. The predicted octanol–water partition coefficient (Wildman–Crippen LogP) is 1.77. The van der Waals surface area contributed by atoms with Gasteiger partial charge in [-0.2, -0.15) is 11.3 Å². The van der Waals surface area contributed by atoms with Crippen LogP contribution >= 0.6 is 0 Å². The summed E-state index contributed by atoms with van der Waals surface area (Å²) in [6, 6.07) is 23.1. The summed E-state index contributed by atoms with van der Waals surface area (Å²) in [6.07, 6.45) is 6.09. The van der Waals surface area contributed by atoms with Gasteiger partial charge in [-0.25, -0.2) is 5.57 Å². The average molecular weight is 758 g/mol. The largest absolute Gasteiger partial charge is 4.00 e. The quantitative estimate of drug-likeness (QED) is 0.168. The van der Waals surface area contributed by atoms with Crippen LogP contribution in [0.25, 0.3) is 0 Å². The van der Waals surface area contributed by atoms with Gasteiger partial charge in [-0.15, -0.1) is 0 Å². The molecule has 260 valence electrons. The standard InChI is InChI=1S/C43H59Si.3ClH.Ti/c1-26(2)34-17-35(27(3)4)21-40(20-34)44(43-32(13)15-16-33(43)14,41-22-36(28(5)6)18-37(23-41)29(7)8)42-24-38(30(9)10)19-39(25-42)31(11)12;;;;/h15,17-32H,1-14H3;3*1H;/q-1;;;;+4/p-3. The molecule has 1 atom stereocenters. The summed E-state index contributed by atoms with van der Waals surface area (Å²) in [5.74, 6) is 3.09. The number of benzene rings is 3. The number of hydrogen-bond donors (Lipinski definition) is 0. The minimum atomic E-state index is -2.79. The molecular weight excluding hydrogens is 699 g/mol. The fourth-order valence-electron chi connectivity index (χ4n) is 7.02. The van der Waals surface area contributed by atoms with Crippen LogP contribution in [0.5, 0.6) is 0 Å². The Labute approximate surface area is 329 Å². The van der Waals surface area contributed by atoms with Crippen LogP contribution in [0.2, 0.25) is 0 Å². The van der Waals surface area contributed by atoms with Gasteiger partial charge in [-0.05, 0) is 68.9 Å². The van der Waals surface area contributed by atoms with Crippen LogP contribution in [-0.4, -0.2) is 8.07 Å². The Kier molecular flexibility index (Phi) is 18.5.